The van der Waals surface area contributed by atoms with E-state index in [-0.39, 0.29) is 5.92 Å². The highest BCUT2D eigenvalue weighted by atomic mass is 16.3. The number of aryl methyl sites for hydroxylation is 1. The monoisotopic (exact) mass is 426 g/mol. The zero-order chi connectivity index (χ0) is 22.0. The largest absolute Gasteiger partial charge is 0.389 e. The van der Waals surface area contributed by atoms with Gasteiger partial charge in [0.1, 0.15) is 0 Å². The van der Waals surface area contributed by atoms with Gasteiger partial charge in [-0.25, -0.2) is 0 Å². The summed E-state index contributed by atoms with van der Waals surface area (Å²) in [5.41, 5.74) is 3.58. The summed E-state index contributed by atoms with van der Waals surface area (Å²) in [7, 11) is 2.19. The second kappa shape index (κ2) is 9.17. The van der Waals surface area contributed by atoms with Crippen LogP contribution in [0.1, 0.15) is 43.2 Å². The average Bonchev–Trinajstić information content (AvgIpc) is 2.84. The van der Waals surface area contributed by atoms with Crippen LogP contribution in [0.2, 0.25) is 0 Å². The molecule has 1 N–H and O–H groups in total. The topological polar surface area (TPSA) is 36.4 Å². The van der Waals surface area contributed by atoms with Crippen molar-refractivity contribution in [3.05, 3.63) is 84.2 Å². The number of aromatic nitrogens is 1. The lowest BCUT2D eigenvalue weighted by Gasteiger charge is -2.48. The number of allylic oxidation sites excluding steroid dienone is 1. The van der Waals surface area contributed by atoms with Crippen molar-refractivity contribution in [3.63, 3.8) is 0 Å². The fourth-order valence-electron chi connectivity index (χ4n) is 5.85. The van der Waals surface area contributed by atoms with Crippen LogP contribution in [0.3, 0.4) is 0 Å². The van der Waals surface area contributed by atoms with E-state index in [1.165, 1.54) is 33.9 Å². The second-order valence-electron chi connectivity index (χ2n) is 9.85. The maximum atomic E-state index is 11.5. The van der Waals surface area contributed by atoms with Crippen LogP contribution in [0, 0.1) is 11.8 Å². The van der Waals surface area contributed by atoms with Crippen molar-refractivity contribution in [2.45, 2.75) is 44.1 Å². The van der Waals surface area contributed by atoms with Crippen LogP contribution in [0.15, 0.2) is 73.1 Å². The van der Waals surface area contributed by atoms with Crippen molar-refractivity contribution in [2.24, 2.45) is 11.8 Å². The molecule has 0 unspecified atom stereocenters. The Balaban J connectivity index is 1.15. The Morgan fingerprint density at radius 1 is 1.00 bits per heavy atom. The molecule has 3 heteroatoms. The highest BCUT2D eigenvalue weighted by Crippen LogP contribution is 2.51. The lowest BCUT2D eigenvalue weighted by atomic mass is 9.61. The first kappa shape index (κ1) is 21.4. The van der Waals surface area contributed by atoms with Crippen molar-refractivity contribution in [3.8, 4) is 0 Å². The van der Waals surface area contributed by atoms with E-state index in [2.05, 4.69) is 77.6 Å². The number of pyridine rings is 1. The molecule has 2 aromatic carbocycles. The summed E-state index contributed by atoms with van der Waals surface area (Å²) in [5.74, 6) is 0.787. The first-order valence-corrected chi connectivity index (χ1v) is 12.1. The molecular weight excluding hydrogens is 392 g/mol. The summed E-state index contributed by atoms with van der Waals surface area (Å²) in [6.07, 6.45) is 12.6. The SMILES string of the molecule is CN(CCCc1cncc2ccccc12)CC[C@@]1(O)C[C@@H]2CC[C@H]1C=C2c1ccccc1. The molecular formula is C29H34N2O. The predicted octanol–water partition coefficient (Wildman–Crippen LogP) is 5.73. The van der Waals surface area contributed by atoms with Gasteiger partial charge in [0, 0.05) is 30.2 Å². The molecule has 3 nitrogen and oxygen atoms in total. The third-order valence-corrected chi connectivity index (χ3v) is 7.71. The molecule has 3 atom stereocenters. The predicted molar refractivity (Wildman–Crippen MR) is 132 cm³/mol. The Kier molecular flexibility index (Phi) is 6.12. The van der Waals surface area contributed by atoms with Gasteiger partial charge in [-0.05, 0) is 80.1 Å². The van der Waals surface area contributed by atoms with Gasteiger partial charge in [-0.3, -0.25) is 4.98 Å². The van der Waals surface area contributed by atoms with Crippen LogP contribution in [0.5, 0.6) is 0 Å². The van der Waals surface area contributed by atoms with Crippen LogP contribution in [0.4, 0.5) is 0 Å². The molecule has 1 aromatic heterocycles. The minimum Gasteiger partial charge on any atom is -0.389 e. The van der Waals surface area contributed by atoms with Gasteiger partial charge in [0.15, 0.2) is 0 Å². The maximum Gasteiger partial charge on any atom is 0.0728 e. The van der Waals surface area contributed by atoms with Gasteiger partial charge >= 0.3 is 0 Å². The Hall–Kier alpha value is -2.49. The molecule has 0 radical (unpaired) electrons. The maximum absolute atomic E-state index is 11.5. The molecule has 0 saturated heterocycles. The van der Waals surface area contributed by atoms with Crippen molar-refractivity contribution in [2.75, 3.05) is 20.1 Å². The minimum atomic E-state index is -0.547. The van der Waals surface area contributed by atoms with Gasteiger partial charge in [-0.15, -0.1) is 0 Å². The fraction of sp³-hybridized carbons (Fsp3) is 0.414. The van der Waals surface area contributed by atoms with E-state index in [9.17, 15) is 5.11 Å². The zero-order valence-corrected chi connectivity index (χ0v) is 19.1. The zero-order valence-electron chi connectivity index (χ0n) is 19.1. The Morgan fingerprint density at radius 2 is 1.81 bits per heavy atom. The minimum absolute atomic E-state index is 0.290. The molecule has 3 aliphatic carbocycles. The lowest BCUT2D eigenvalue weighted by Crippen LogP contribution is -2.48. The van der Waals surface area contributed by atoms with Crippen molar-refractivity contribution >= 4 is 16.3 Å². The molecule has 2 bridgehead atoms. The van der Waals surface area contributed by atoms with Crippen molar-refractivity contribution in [1.82, 2.24) is 9.88 Å². The number of fused-ring (bicyclic) bond motifs is 3. The standard InChI is InChI=1S/C29H34N2O/c1-31(16-7-11-25-21-30-20-24-10-5-6-12-27(24)25)17-15-29(32)19-23-13-14-26(29)18-28(23)22-8-3-2-4-9-22/h2-6,8-10,12,18,20-21,23,26,32H,7,11,13-17,19H2,1H3/t23-,26-,29+/m0/s1. The van der Waals surface area contributed by atoms with Crippen LogP contribution in [-0.4, -0.2) is 40.7 Å². The van der Waals surface area contributed by atoms with Crippen LogP contribution >= 0.6 is 0 Å². The highest BCUT2D eigenvalue weighted by molar-refractivity contribution is 5.84. The summed E-state index contributed by atoms with van der Waals surface area (Å²) in [6, 6.07) is 19.2. The van der Waals surface area contributed by atoms with E-state index >= 15 is 0 Å². The highest BCUT2D eigenvalue weighted by Gasteiger charge is 2.46. The van der Waals surface area contributed by atoms with Gasteiger partial charge in [-0.2, -0.15) is 0 Å². The lowest BCUT2D eigenvalue weighted by molar-refractivity contribution is -0.0574. The van der Waals surface area contributed by atoms with E-state index in [0.29, 0.717) is 5.92 Å². The third-order valence-electron chi connectivity index (χ3n) is 7.71. The van der Waals surface area contributed by atoms with Crippen molar-refractivity contribution in [1.29, 1.82) is 0 Å². The van der Waals surface area contributed by atoms with E-state index in [1.807, 2.05) is 12.4 Å². The molecule has 32 heavy (non-hydrogen) atoms. The number of nitrogens with zero attached hydrogens (tertiary/aromatic N) is 2. The number of hydrogen-bond donors (Lipinski definition) is 1. The van der Waals surface area contributed by atoms with E-state index < -0.39 is 5.60 Å². The van der Waals surface area contributed by atoms with Crippen LogP contribution in [-0.2, 0) is 6.42 Å². The van der Waals surface area contributed by atoms with Gasteiger partial charge in [0.2, 0.25) is 0 Å². The summed E-state index contributed by atoms with van der Waals surface area (Å²) in [4.78, 5) is 6.80. The first-order chi connectivity index (χ1) is 15.6. The quantitative estimate of drug-likeness (QED) is 0.499. The normalized spacial score (nSPS) is 24.8. The molecule has 1 fully saturated rings. The molecule has 3 aromatic rings. The van der Waals surface area contributed by atoms with Gasteiger partial charge in [-0.1, -0.05) is 60.7 Å². The van der Waals surface area contributed by atoms with Crippen LogP contribution in [0.25, 0.3) is 16.3 Å². The van der Waals surface area contributed by atoms with Gasteiger partial charge in [0.05, 0.1) is 5.60 Å². The molecule has 0 amide bonds. The number of rotatable bonds is 8. The molecule has 1 saturated carbocycles. The molecule has 6 rings (SSSR count). The van der Waals surface area contributed by atoms with E-state index in [1.54, 1.807) is 0 Å². The fourth-order valence-corrected chi connectivity index (χ4v) is 5.85. The average molecular weight is 427 g/mol. The van der Waals surface area contributed by atoms with E-state index in [0.717, 1.165) is 45.2 Å². The molecule has 0 aliphatic heterocycles. The number of aliphatic hydroxyl groups is 1. The molecule has 0 spiro atoms. The molecule has 3 aliphatic rings. The van der Waals surface area contributed by atoms with Crippen molar-refractivity contribution < 1.29 is 5.11 Å². The summed E-state index contributed by atoms with van der Waals surface area (Å²) < 4.78 is 0. The summed E-state index contributed by atoms with van der Waals surface area (Å²) >= 11 is 0. The summed E-state index contributed by atoms with van der Waals surface area (Å²) in [5, 5.41) is 14.1. The van der Waals surface area contributed by atoms with Gasteiger partial charge < -0.3 is 10.0 Å². The van der Waals surface area contributed by atoms with Gasteiger partial charge in [0.25, 0.3) is 0 Å². The number of hydrogen-bond acceptors (Lipinski definition) is 3. The molecule has 1 heterocycles. The Bertz CT molecular complexity index is 1090. The summed E-state index contributed by atoms with van der Waals surface area (Å²) in [6.45, 7) is 1.99. The third kappa shape index (κ3) is 4.37. The molecule has 166 valence electrons. The van der Waals surface area contributed by atoms with Crippen LogP contribution < -0.4 is 0 Å². The first-order valence-electron chi connectivity index (χ1n) is 12.1. The smallest absolute Gasteiger partial charge is 0.0728 e. The Labute approximate surface area is 191 Å². The number of benzene rings is 2. The van der Waals surface area contributed by atoms with E-state index in [4.69, 9.17) is 0 Å². The Morgan fingerprint density at radius 3 is 2.62 bits per heavy atom. The second-order valence-corrected chi connectivity index (χ2v) is 9.85.